The molecule has 0 aliphatic heterocycles. The molecule has 0 aliphatic rings. The Morgan fingerprint density at radius 3 is 1.33 bits per heavy atom. The van der Waals surface area contributed by atoms with E-state index in [1.807, 2.05) is 0 Å². The number of alkyl halides is 1. The van der Waals surface area contributed by atoms with Crippen LogP contribution in [0.15, 0.2) is 0 Å². The van der Waals surface area contributed by atoms with E-state index >= 15 is 0 Å². The number of hydrogen-bond acceptors (Lipinski definition) is 3. The molecule has 0 aliphatic carbocycles. The number of halogens is 1. The third-order valence-corrected chi connectivity index (χ3v) is 0.482. The van der Waals surface area contributed by atoms with Crippen LogP contribution in [0.25, 0.3) is 0 Å². The summed E-state index contributed by atoms with van der Waals surface area (Å²) in [5.41, 5.74) is 0. The van der Waals surface area contributed by atoms with Gasteiger partial charge in [0.2, 0.25) is 0 Å². The van der Waals surface area contributed by atoms with Gasteiger partial charge in [-0.1, -0.05) is 0 Å². The maximum Gasteiger partial charge on any atom is 0.103 e. The van der Waals surface area contributed by atoms with E-state index in [0.717, 1.165) is 0 Å². The van der Waals surface area contributed by atoms with Crippen molar-refractivity contribution < 1.29 is 10.2 Å². The average molecular weight is 156 g/mol. The molecule has 4 heteroatoms. The maximum atomic E-state index is 8.45. The first kappa shape index (κ1) is 11.9. The lowest BCUT2D eigenvalue weighted by atomic mass is 10.6. The molecule has 2 atom stereocenters. The highest BCUT2D eigenvalue weighted by Crippen LogP contribution is 1.74. The van der Waals surface area contributed by atoms with E-state index in [2.05, 4.69) is 16.9 Å². The first-order valence-electron chi connectivity index (χ1n) is 2.63. The molecule has 0 heterocycles. The predicted octanol–water partition coefficient (Wildman–Crippen LogP) is 0.108. The molecule has 0 bridgehead atoms. The fraction of sp³-hybridized carbons (Fsp3) is 1.00. The summed E-state index contributed by atoms with van der Waals surface area (Å²) in [6.07, 6.45) is 0.222. The molecule has 0 fully saturated rings. The second-order valence-corrected chi connectivity index (χ2v) is 1.52. The van der Waals surface area contributed by atoms with Gasteiger partial charge < -0.3 is 10.2 Å². The van der Waals surface area contributed by atoms with E-state index < -0.39 is 12.5 Å². The summed E-state index contributed by atoms with van der Waals surface area (Å²) in [5.74, 6) is 0. The summed E-state index contributed by atoms with van der Waals surface area (Å²) in [6.45, 7) is 3.10. The standard InChI is InChI=1S/C4H11NO2.CH3Cl/c1-3(6)5-4(2)7;1-2/h3-7H,1-2H3;1H3. The summed E-state index contributed by atoms with van der Waals surface area (Å²) in [4.78, 5) is 0. The monoisotopic (exact) mass is 155 g/mol. The summed E-state index contributed by atoms with van der Waals surface area (Å²) in [6, 6.07) is 0. The zero-order chi connectivity index (χ0) is 7.86. The fourth-order valence-corrected chi connectivity index (χ4v) is 0.349. The highest BCUT2D eigenvalue weighted by molar-refractivity contribution is 6.15. The van der Waals surface area contributed by atoms with Crippen molar-refractivity contribution in [1.29, 1.82) is 0 Å². The van der Waals surface area contributed by atoms with Crippen molar-refractivity contribution in [2.24, 2.45) is 0 Å². The molecule has 0 rings (SSSR count). The van der Waals surface area contributed by atoms with Gasteiger partial charge in [0.25, 0.3) is 0 Å². The van der Waals surface area contributed by atoms with E-state index in [1.165, 1.54) is 6.38 Å². The molecular weight excluding hydrogens is 142 g/mol. The Morgan fingerprint density at radius 1 is 1.11 bits per heavy atom. The van der Waals surface area contributed by atoms with Gasteiger partial charge in [-0.05, 0) is 13.8 Å². The molecule has 3 nitrogen and oxygen atoms in total. The van der Waals surface area contributed by atoms with E-state index in [-0.39, 0.29) is 0 Å². The Morgan fingerprint density at radius 2 is 1.33 bits per heavy atom. The molecule has 0 aromatic rings. The number of rotatable bonds is 2. The lowest BCUT2D eigenvalue weighted by Crippen LogP contribution is -2.33. The van der Waals surface area contributed by atoms with E-state index in [1.54, 1.807) is 13.8 Å². The molecule has 0 saturated carbocycles. The van der Waals surface area contributed by atoms with Gasteiger partial charge in [0.1, 0.15) is 12.5 Å². The normalized spacial score (nSPS) is 15.3. The van der Waals surface area contributed by atoms with Gasteiger partial charge in [0, 0.05) is 6.38 Å². The molecular formula is C5H14ClNO2. The van der Waals surface area contributed by atoms with Crippen molar-refractivity contribution in [3.63, 3.8) is 0 Å². The number of hydrogen-bond donors (Lipinski definition) is 3. The third-order valence-electron chi connectivity index (χ3n) is 0.482. The molecule has 0 saturated heterocycles. The first-order chi connectivity index (χ1) is 4.13. The minimum Gasteiger partial charge on any atom is -0.379 e. The molecule has 0 aromatic carbocycles. The quantitative estimate of drug-likeness (QED) is 0.392. The van der Waals surface area contributed by atoms with Crippen LogP contribution in [0.2, 0.25) is 0 Å². The smallest absolute Gasteiger partial charge is 0.103 e. The Balaban J connectivity index is 0. The molecule has 0 spiro atoms. The zero-order valence-electron chi connectivity index (χ0n) is 5.93. The van der Waals surface area contributed by atoms with E-state index in [9.17, 15) is 0 Å². The lowest BCUT2D eigenvalue weighted by molar-refractivity contribution is 0.0632. The van der Waals surface area contributed by atoms with Gasteiger partial charge in [0.05, 0.1) is 0 Å². The molecule has 0 amide bonds. The summed E-state index contributed by atoms with van der Waals surface area (Å²) in [5, 5.41) is 19.3. The lowest BCUT2D eigenvalue weighted by Gasteiger charge is -2.08. The Kier molecular flexibility index (Phi) is 10.8. The molecule has 2 unspecified atom stereocenters. The van der Waals surface area contributed by atoms with Gasteiger partial charge in [-0.3, -0.25) is 5.32 Å². The van der Waals surface area contributed by atoms with Crippen molar-refractivity contribution in [3.8, 4) is 0 Å². The topological polar surface area (TPSA) is 52.5 Å². The summed E-state index contributed by atoms with van der Waals surface area (Å²) < 4.78 is 0. The first-order valence-corrected chi connectivity index (χ1v) is 3.38. The summed E-state index contributed by atoms with van der Waals surface area (Å²) >= 11 is 4.64. The van der Waals surface area contributed by atoms with Crippen LogP contribution in [0.4, 0.5) is 0 Å². The number of aliphatic hydroxyl groups excluding tert-OH is 2. The highest BCUT2D eigenvalue weighted by Gasteiger charge is 1.95. The van der Waals surface area contributed by atoms with Gasteiger partial charge in [-0.15, -0.1) is 11.6 Å². The van der Waals surface area contributed by atoms with Crippen molar-refractivity contribution in [1.82, 2.24) is 5.32 Å². The van der Waals surface area contributed by atoms with Crippen molar-refractivity contribution in [3.05, 3.63) is 0 Å². The van der Waals surface area contributed by atoms with Gasteiger partial charge >= 0.3 is 0 Å². The second kappa shape index (κ2) is 8.17. The van der Waals surface area contributed by atoms with Crippen LogP contribution in [0.3, 0.4) is 0 Å². The minimum absolute atomic E-state index is 0.625. The molecule has 0 radical (unpaired) electrons. The van der Waals surface area contributed by atoms with Crippen LogP contribution >= 0.6 is 11.6 Å². The Hall–Kier alpha value is 0.170. The van der Waals surface area contributed by atoms with E-state index in [0.29, 0.717) is 0 Å². The van der Waals surface area contributed by atoms with Crippen LogP contribution in [0.1, 0.15) is 13.8 Å². The van der Waals surface area contributed by atoms with Crippen molar-refractivity contribution in [2.75, 3.05) is 6.38 Å². The average Bonchev–Trinajstić information content (AvgIpc) is 1.68. The van der Waals surface area contributed by atoms with Gasteiger partial charge in [0.15, 0.2) is 0 Å². The molecule has 3 N–H and O–H groups in total. The molecule has 58 valence electrons. The van der Waals surface area contributed by atoms with Crippen LogP contribution in [-0.2, 0) is 0 Å². The SMILES string of the molecule is CC(O)NC(C)O.CCl. The van der Waals surface area contributed by atoms with Crippen molar-refractivity contribution >= 4 is 11.6 Å². The Labute approximate surface area is 60.6 Å². The van der Waals surface area contributed by atoms with Gasteiger partial charge in [-0.2, -0.15) is 0 Å². The van der Waals surface area contributed by atoms with Crippen molar-refractivity contribution in [2.45, 2.75) is 26.3 Å². The Bertz CT molecular complexity index is 44.2. The number of aliphatic hydroxyl groups is 2. The largest absolute Gasteiger partial charge is 0.379 e. The highest BCUT2D eigenvalue weighted by atomic mass is 35.5. The van der Waals surface area contributed by atoms with Crippen LogP contribution < -0.4 is 5.32 Å². The van der Waals surface area contributed by atoms with Gasteiger partial charge in [-0.25, -0.2) is 0 Å². The second-order valence-electron chi connectivity index (χ2n) is 1.52. The predicted molar refractivity (Wildman–Crippen MR) is 38.3 cm³/mol. The minimum atomic E-state index is -0.625. The number of nitrogens with one attached hydrogen (secondary N) is 1. The third kappa shape index (κ3) is 17.9. The van der Waals surface area contributed by atoms with Crippen LogP contribution in [-0.4, -0.2) is 29.1 Å². The summed E-state index contributed by atoms with van der Waals surface area (Å²) in [7, 11) is 0. The maximum absolute atomic E-state index is 8.45. The zero-order valence-corrected chi connectivity index (χ0v) is 6.68. The fourth-order valence-electron chi connectivity index (χ4n) is 0.349. The van der Waals surface area contributed by atoms with Crippen LogP contribution in [0.5, 0.6) is 0 Å². The van der Waals surface area contributed by atoms with Crippen LogP contribution in [0, 0.1) is 0 Å². The molecule has 0 aromatic heterocycles. The van der Waals surface area contributed by atoms with E-state index in [4.69, 9.17) is 10.2 Å². The molecule has 9 heavy (non-hydrogen) atoms.